The predicted molar refractivity (Wildman–Crippen MR) is 87.8 cm³/mol. The van der Waals surface area contributed by atoms with E-state index >= 15 is 0 Å². The molecule has 0 spiro atoms. The van der Waals surface area contributed by atoms with Gasteiger partial charge in [-0.2, -0.15) is 0 Å². The second-order valence-electron chi connectivity index (χ2n) is 6.54. The SMILES string of the molecule is C[C@@H]1CCCC[C@@H]1CNCc1ccc(CS(C)(=O)=O)cc1. The fourth-order valence-corrected chi connectivity index (χ4v) is 3.95. The van der Waals surface area contributed by atoms with Crippen LogP contribution in [0.1, 0.15) is 43.7 Å². The zero-order valence-electron chi connectivity index (χ0n) is 13.1. The van der Waals surface area contributed by atoms with Gasteiger partial charge in [-0.15, -0.1) is 0 Å². The third kappa shape index (κ3) is 5.79. The summed E-state index contributed by atoms with van der Waals surface area (Å²) in [6.45, 7) is 4.32. The summed E-state index contributed by atoms with van der Waals surface area (Å²) in [5.74, 6) is 1.77. The maximum atomic E-state index is 11.3. The summed E-state index contributed by atoms with van der Waals surface area (Å²) in [6, 6.07) is 7.89. The van der Waals surface area contributed by atoms with Crippen LogP contribution in [0.15, 0.2) is 24.3 Å². The Labute approximate surface area is 129 Å². The third-order valence-corrected chi connectivity index (χ3v) is 5.33. The standard InChI is InChI=1S/C17H27NO2S/c1-14-5-3-4-6-17(14)12-18-11-15-7-9-16(10-8-15)13-21(2,19)20/h7-10,14,17-18H,3-6,11-13H2,1-2H3/t14-,17-/m1/s1. The average molecular weight is 309 g/mol. The smallest absolute Gasteiger partial charge is 0.151 e. The molecule has 118 valence electrons. The van der Waals surface area contributed by atoms with Crippen LogP contribution < -0.4 is 5.32 Å². The summed E-state index contributed by atoms with van der Waals surface area (Å²) in [4.78, 5) is 0. The lowest BCUT2D eigenvalue weighted by Crippen LogP contribution is -2.29. The molecule has 0 aromatic heterocycles. The number of hydrogen-bond donors (Lipinski definition) is 1. The molecule has 1 aromatic carbocycles. The van der Waals surface area contributed by atoms with E-state index in [4.69, 9.17) is 0 Å². The summed E-state index contributed by atoms with van der Waals surface area (Å²) in [7, 11) is -2.94. The molecule has 21 heavy (non-hydrogen) atoms. The quantitative estimate of drug-likeness (QED) is 0.878. The molecule has 1 N–H and O–H groups in total. The van der Waals surface area contributed by atoms with Gasteiger partial charge in [-0.25, -0.2) is 8.42 Å². The minimum absolute atomic E-state index is 0.125. The molecule has 0 amide bonds. The van der Waals surface area contributed by atoms with Gasteiger partial charge in [0, 0.05) is 12.8 Å². The van der Waals surface area contributed by atoms with Crippen molar-refractivity contribution in [3.05, 3.63) is 35.4 Å². The number of sulfone groups is 1. The molecule has 4 heteroatoms. The van der Waals surface area contributed by atoms with Gasteiger partial charge < -0.3 is 5.32 Å². The number of hydrogen-bond acceptors (Lipinski definition) is 3. The van der Waals surface area contributed by atoms with Crippen molar-refractivity contribution in [1.29, 1.82) is 0 Å². The van der Waals surface area contributed by atoms with Gasteiger partial charge in [0.15, 0.2) is 9.84 Å². The first-order valence-corrected chi connectivity index (χ1v) is 9.96. The van der Waals surface area contributed by atoms with Crippen molar-refractivity contribution in [2.24, 2.45) is 11.8 Å². The van der Waals surface area contributed by atoms with E-state index in [1.165, 1.54) is 37.5 Å². The lowest BCUT2D eigenvalue weighted by Gasteiger charge is -2.28. The molecular formula is C17H27NO2S. The van der Waals surface area contributed by atoms with Crippen LogP contribution in [0.4, 0.5) is 0 Å². The van der Waals surface area contributed by atoms with E-state index in [-0.39, 0.29) is 5.75 Å². The maximum Gasteiger partial charge on any atom is 0.151 e. The largest absolute Gasteiger partial charge is 0.312 e. The molecular weight excluding hydrogens is 282 g/mol. The maximum absolute atomic E-state index is 11.3. The molecule has 0 unspecified atom stereocenters. The molecule has 1 aromatic rings. The van der Waals surface area contributed by atoms with Crippen molar-refractivity contribution in [1.82, 2.24) is 5.32 Å². The number of nitrogens with one attached hydrogen (secondary N) is 1. The average Bonchev–Trinajstić information content (AvgIpc) is 2.41. The van der Waals surface area contributed by atoms with Crippen molar-refractivity contribution < 1.29 is 8.42 Å². The van der Waals surface area contributed by atoms with Gasteiger partial charge in [0.05, 0.1) is 5.75 Å². The van der Waals surface area contributed by atoms with Crippen LogP contribution in [0, 0.1) is 11.8 Å². The topological polar surface area (TPSA) is 46.2 Å². The van der Waals surface area contributed by atoms with Crippen LogP contribution >= 0.6 is 0 Å². The van der Waals surface area contributed by atoms with Crippen LogP contribution in [0.25, 0.3) is 0 Å². The molecule has 1 aliphatic carbocycles. The van der Waals surface area contributed by atoms with E-state index in [1.54, 1.807) is 0 Å². The first-order valence-electron chi connectivity index (χ1n) is 7.90. The van der Waals surface area contributed by atoms with Gasteiger partial charge in [0.25, 0.3) is 0 Å². The highest BCUT2D eigenvalue weighted by atomic mass is 32.2. The second kappa shape index (κ2) is 7.41. The molecule has 0 radical (unpaired) electrons. The van der Waals surface area contributed by atoms with Gasteiger partial charge in [0.2, 0.25) is 0 Å². The van der Waals surface area contributed by atoms with E-state index in [9.17, 15) is 8.42 Å². The van der Waals surface area contributed by atoms with Gasteiger partial charge in [-0.05, 0) is 35.9 Å². The minimum atomic E-state index is -2.94. The predicted octanol–water partition coefficient (Wildman–Crippen LogP) is 3.15. The highest BCUT2D eigenvalue weighted by Gasteiger charge is 2.20. The Balaban J connectivity index is 1.78. The van der Waals surface area contributed by atoms with Gasteiger partial charge >= 0.3 is 0 Å². The Hall–Kier alpha value is -0.870. The Morgan fingerprint density at radius 2 is 1.71 bits per heavy atom. The molecule has 0 aliphatic heterocycles. The molecule has 2 atom stereocenters. The minimum Gasteiger partial charge on any atom is -0.312 e. The van der Waals surface area contributed by atoms with Crippen LogP contribution in [0.2, 0.25) is 0 Å². The Morgan fingerprint density at radius 3 is 2.33 bits per heavy atom. The zero-order chi connectivity index (χ0) is 15.3. The Bertz CT molecular complexity index is 536. The first-order chi connectivity index (χ1) is 9.94. The second-order valence-corrected chi connectivity index (χ2v) is 8.68. The fourth-order valence-electron chi connectivity index (χ4n) is 3.15. The van der Waals surface area contributed by atoms with Crippen molar-refractivity contribution in [3.8, 4) is 0 Å². The third-order valence-electron chi connectivity index (χ3n) is 4.48. The van der Waals surface area contributed by atoms with E-state index in [0.717, 1.165) is 30.5 Å². The Kier molecular flexibility index (Phi) is 5.82. The molecule has 3 nitrogen and oxygen atoms in total. The fraction of sp³-hybridized carbons (Fsp3) is 0.647. The van der Waals surface area contributed by atoms with Crippen molar-refractivity contribution in [2.75, 3.05) is 12.8 Å². The zero-order valence-corrected chi connectivity index (χ0v) is 14.0. The lowest BCUT2D eigenvalue weighted by molar-refractivity contribution is 0.247. The molecule has 0 heterocycles. The highest BCUT2D eigenvalue weighted by molar-refractivity contribution is 7.89. The molecule has 2 rings (SSSR count). The summed E-state index contributed by atoms with van der Waals surface area (Å²) in [6.07, 6.45) is 6.75. The molecule has 0 bridgehead atoms. The van der Waals surface area contributed by atoms with Crippen molar-refractivity contribution in [2.45, 2.75) is 44.9 Å². The van der Waals surface area contributed by atoms with Crippen LogP contribution in [-0.4, -0.2) is 21.2 Å². The van der Waals surface area contributed by atoms with Crippen LogP contribution in [-0.2, 0) is 22.1 Å². The number of benzene rings is 1. The molecule has 1 fully saturated rings. The normalized spacial score (nSPS) is 23.1. The van der Waals surface area contributed by atoms with Crippen molar-refractivity contribution >= 4 is 9.84 Å². The van der Waals surface area contributed by atoms with Gasteiger partial charge in [-0.1, -0.05) is 50.5 Å². The summed E-state index contributed by atoms with van der Waals surface area (Å²) in [5.41, 5.74) is 2.08. The van der Waals surface area contributed by atoms with E-state index in [1.807, 2.05) is 24.3 Å². The lowest BCUT2D eigenvalue weighted by atomic mass is 9.80. The number of rotatable bonds is 6. The van der Waals surface area contributed by atoms with Gasteiger partial charge in [0.1, 0.15) is 0 Å². The van der Waals surface area contributed by atoms with E-state index in [2.05, 4.69) is 12.2 Å². The highest BCUT2D eigenvalue weighted by Crippen LogP contribution is 2.28. The Morgan fingerprint density at radius 1 is 1.10 bits per heavy atom. The van der Waals surface area contributed by atoms with Crippen LogP contribution in [0.3, 0.4) is 0 Å². The summed E-state index contributed by atoms with van der Waals surface area (Å²) < 4.78 is 22.5. The van der Waals surface area contributed by atoms with Gasteiger partial charge in [-0.3, -0.25) is 0 Å². The monoisotopic (exact) mass is 309 g/mol. The molecule has 0 saturated heterocycles. The molecule has 1 saturated carbocycles. The van der Waals surface area contributed by atoms with E-state index in [0.29, 0.717) is 0 Å². The van der Waals surface area contributed by atoms with E-state index < -0.39 is 9.84 Å². The molecule has 1 aliphatic rings. The summed E-state index contributed by atoms with van der Waals surface area (Å²) in [5, 5.41) is 3.55. The van der Waals surface area contributed by atoms with Crippen molar-refractivity contribution in [3.63, 3.8) is 0 Å². The van der Waals surface area contributed by atoms with Crippen LogP contribution in [0.5, 0.6) is 0 Å². The first kappa shape index (κ1) is 16.5. The summed E-state index contributed by atoms with van der Waals surface area (Å²) >= 11 is 0.